The average molecular weight is 286 g/mol. The summed E-state index contributed by atoms with van der Waals surface area (Å²) < 4.78 is 13.0. The summed E-state index contributed by atoms with van der Waals surface area (Å²) >= 11 is 0. The summed E-state index contributed by atoms with van der Waals surface area (Å²) in [7, 11) is 0. The van der Waals surface area contributed by atoms with E-state index in [1.807, 2.05) is 26.8 Å². The van der Waals surface area contributed by atoms with E-state index >= 15 is 0 Å². The zero-order valence-electron chi connectivity index (χ0n) is 12.4. The Labute approximate surface area is 124 Å². The predicted molar refractivity (Wildman–Crippen MR) is 80.4 cm³/mol. The minimum Gasteiger partial charge on any atom is -0.344 e. The smallest absolute Gasteiger partial charge is 0.270 e. The van der Waals surface area contributed by atoms with Crippen molar-refractivity contribution in [2.75, 3.05) is 0 Å². The first-order valence-corrected chi connectivity index (χ1v) is 6.97. The standard InChI is InChI=1S/C17H19FN2O/c1-11(2)16(13-7-9-14(18)10-8-13)20-17(21)15-6-4-5-12(3)19-15/h4-11,16H,1-3H3,(H,20,21)/t16-/m0/s1. The second-order valence-electron chi connectivity index (χ2n) is 5.41. The van der Waals surface area contributed by atoms with Crippen LogP contribution in [-0.2, 0) is 0 Å². The summed E-state index contributed by atoms with van der Waals surface area (Å²) in [5.41, 5.74) is 2.07. The Kier molecular flexibility index (Phi) is 4.68. The highest BCUT2D eigenvalue weighted by atomic mass is 19.1. The molecule has 0 fully saturated rings. The molecule has 0 spiro atoms. The second kappa shape index (κ2) is 6.48. The molecule has 1 aromatic heterocycles. The maximum Gasteiger partial charge on any atom is 0.270 e. The van der Waals surface area contributed by atoms with Crippen LogP contribution in [0.15, 0.2) is 42.5 Å². The Balaban J connectivity index is 2.20. The first-order valence-electron chi connectivity index (χ1n) is 6.97. The van der Waals surface area contributed by atoms with Gasteiger partial charge in [-0.1, -0.05) is 32.0 Å². The largest absolute Gasteiger partial charge is 0.344 e. The molecule has 0 aliphatic carbocycles. The number of hydrogen-bond acceptors (Lipinski definition) is 2. The lowest BCUT2D eigenvalue weighted by atomic mass is 9.96. The third kappa shape index (κ3) is 3.88. The Morgan fingerprint density at radius 3 is 2.38 bits per heavy atom. The lowest BCUT2D eigenvalue weighted by molar-refractivity contribution is 0.0920. The molecule has 21 heavy (non-hydrogen) atoms. The Hall–Kier alpha value is -2.23. The van der Waals surface area contributed by atoms with Crippen LogP contribution < -0.4 is 5.32 Å². The number of hydrogen-bond donors (Lipinski definition) is 1. The van der Waals surface area contributed by atoms with Gasteiger partial charge in [-0.15, -0.1) is 0 Å². The monoisotopic (exact) mass is 286 g/mol. The van der Waals surface area contributed by atoms with Crippen LogP contribution in [0.1, 0.15) is 41.6 Å². The Morgan fingerprint density at radius 2 is 1.81 bits per heavy atom. The molecule has 1 heterocycles. The van der Waals surface area contributed by atoms with Crippen molar-refractivity contribution >= 4 is 5.91 Å². The summed E-state index contributed by atoms with van der Waals surface area (Å²) in [4.78, 5) is 16.5. The van der Waals surface area contributed by atoms with Crippen LogP contribution in [0.3, 0.4) is 0 Å². The molecule has 2 rings (SSSR count). The van der Waals surface area contributed by atoms with Gasteiger partial charge < -0.3 is 5.32 Å². The van der Waals surface area contributed by atoms with Gasteiger partial charge in [0.1, 0.15) is 11.5 Å². The first-order chi connectivity index (χ1) is 9.97. The second-order valence-corrected chi connectivity index (χ2v) is 5.41. The van der Waals surface area contributed by atoms with Gasteiger partial charge in [0.25, 0.3) is 5.91 Å². The number of aromatic nitrogens is 1. The van der Waals surface area contributed by atoms with Gasteiger partial charge in [0, 0.05) is 5.69 Å². The molecule has 1 aromatic carbocycles. The maximum absolute atomic E-state index is 13.0. The average Bonchev–Trinajstić information content (AvgIpc) is 2.45. The normalized spacial score (nSPS) is 12.2. The number of pyridine rings is 1. The molecule has 0 aliphatic rings. The molecule has 1 amide bonds. The zero-order valence-corrected chi connectivity index (χ0v) is 12.4. The topological polar surface area (TPSA) is 42.0 Å². The van der Waals surface area contributed by atoms with Gasteiger partial charge in [0.05, 0.1) is 6.04 Å². The lowest BCUT2D eigenvalue weighted by Crippen LogP contribution is -2.32. The number of carbonyl (C=O) groups excluding carboxylic acids is 1. The van der Waals surface area contributed by atoms with Crippen LogP contribution in [0.5, 0.6) is 0 Å². The van der Waals surface area contributed by atoms with Gasteiger partial charge >= 0.3 is 0 Å². The van der Waals surface area contributed by atoms with Crippen LogP contribution in [-0.4, -0.2) is 10.9 Å². The third-order valence-electron chi connectivity index (χ3n) is 3.30. The molecular formula is C17H19FN2O. The number of benzene rings is 1. The molecule has 0 saturated heterocycles. The molecule has 4 heteroatoms. The van der Waals surface area contributed by atoms with Crippen LogP contribution in [0.2, 0.25) is 0 Å². The molecular weight excluding hydrogens is 267 g/mol. The fraction of sp³-hybridized carbons (Fsp3) is 0.294. The van der Waals surface area contributed by atoms with E-state index in [0.717, 1.165) is 11.3 Å². The minimum atomic E-state index is -0.284. The van der Waals surface area contributed by atoms with Crippen molar-refractivity contribution in [1.82, 2.24) is 10.3 Å². The first kappa shape index (κ1) is 15.2. The summed E-state index contributed by atoms with van der Waals surface area (Å²) in [5, 5.41) is 2.97. The van der Waals surface area contributed by atoms with E-state index in [4.69, 9.17) is 0 Å². The minimum absolute atomic E-state index is 0.180. The summed E-state index contributed by atoms with van der Waals surface area (Å²) in [6, 6.07) is 11.4. The number of amides is 1. The third-order valence-corrected chi connectivity index (χ3v) is 3.30. The van der Waals surface area contributed by atoms with Crippen molar-refractivity contribution < 1.29 is 9.18 Å². The summed E-state index contributed by atoms with van der Waals surface area (Å²) in [5.74, 6) is -0.320. The molecule has 1 atom stereocenters. The van der Waals surface area contributed by atoms with Crippen LogP contribution in [0.25, 0.3) is 0 Å². The number of halogens is 1. The van der Waals surface area contributed by atoms with E-state index in [9.17, 15) is 9.18 Å². The van der Waals surface area contributed by atoms with Gasteiger partial charge in [0.15, 0.2) is 0 Å². The van der Waals surface area contributed by atoms with Gasteiger partial charge in [-0.2, -0.15) is 0 Å². The van der Waals surface area contributed by atoms with Crippen molar-refractivity contribution in [3.05, 3.63) is 65.2 Å². The Morgan fingerprint density at radius 1 is 1.14 bits per heavy atom. The highest BCUT2D eigenvalue weighted by molar-refractivity contribution is 5.92. The molecule has 0 saturated carbocycles. The highest BCUT2D eigenvalue weighted by Crippen LogP contribution is 2.22. The zero-order chi connectivity index (χ0) is 15.4. The van der Waals surface area contributed by atoms with E-state index in [0.29, 0.717) is 5.69 Å². The van der Waals surface area contributed by atoms with E-state index < -0.39 is 0 Å². The SMILES string of the molecule is Cc1cccc(C(=O)N[C@H](c2ccc(F)cc2)C(C)C)n1. The number of carbonyl (C=O) groups is 1. The van der Waals surface area contributed by atoms with Crippen LogP contribution in [0, 0.1) is 18.7 Å². The fourth-order valence-electron chi connectivity index (χ4n) is 2.19. The van der Waals surface area contributed by atoms with E-state index in [1.54, 1.807) is 24.3 Å². The van der Waals surface area contributed by atoms with Crippen molar-refractivity contribution in [2.45, 2.75) is 26.8 Å². The van der Waals surface area contributed by atoms with Gasteiger partial charge in [-0.3, -0.25) is 4.79 Å². The molecule has 0 radical (unpaired) electrons. The molecule has 1 N–H and O–H groups in total. The molecule has 0 aliphatic heterocycles. The quantitative estimate of drug-likeness (QED) is 0.932. The molecule has 2 aromatic rings. The predicted octanol–water partition coefficient (Wildman–Crippen LogP) is 3.66. The highest BCUT2D eigenvalue weighted by Gasteiger charge is 2.19. The number of rotatable bonds is 4. The lowest BCUT2D eigenvalue weighted by Gasteiger charge is -2.22. The molecule has 110 valence electrons. The van der Waals surface area contributed by atoms with Gasteiger partial charge in [-0.05, 0) is 42.7 Å². The van der Waals surface area contributed by atoms with Crippen molar-refractivity contribution in [2.24, 2.45) is 5.92 Å². The van der Waals surface area contributed by atoms with Crippen LogP contribution >= 0.6 is 0 Å². The van der Waals surface area contributed by atoms with Gasteiger partial charge in [0.2, 0.25) is 0 Å². The van der Waals surface area contributed by atoms with Crippen molar-refractivity contribution in [1.29, 1.82) is 0 Å². The fourth-order valence-corrected chi connectivity index (χ4v) is 2.19. The van der Waals surface area contributed by atoms with Crippen molar-refractivity contribution in [3.63, 3.8) is 0 Å². The van der Waals surface area contributed by atoms with Gasteiger partial charge in [-0.25, -0.2) is 9.37 Å². The summed E-state index contributed by atoms with van der Waals surface area (Å²) in [6.45, 7) is 5.87. The number of nitrogens with zero attached hydrogens (tertiary/aromatic N) is 1. The van der Waals surface area contributed by atoms with E-state index in [2.05, 4.69) is 10.3 Å². The number of nitrogens with one attached hydrogen (secondary N) is 1. The molecule has 0 bridgehead atoms. The van der Waals surface area contributed by atoms with Crippen LogP contribution in [0.4, 0.5) is 4.39 Å². The van der Waals surface area contributed by atoms with E-state index in [1.165, 1.54) is 12.1 Å². The molecule has 3 nitrogen and oxygen atoms in total. The molecule has 0 unspecified atom stereocenters. The van der Waals surface area contributed by atoms with E-state index in [-0.39, 0.29) is 23.7 Å². The summed E-state index contributed by atoms with van der Waals surface area (Å²) in [6.07, 6.45) is 0. The Bertz CT molecular complexity index is 623. The van der Waals surface area contributed by atoms with Crippen molar-refractivity contribution in [3.8, 4) is 0 Å². The maximum atomic E-state index is 13.0. The number of aryl methyl sites for hydroxylation is 1.